The summed E-state index contributed by atoms with van der Waals surface area (Å²) in [5, 5.41) is 2.22. The van der Waals surface area contributed by atoms with Crippen molar-refractivity contribution < 1.29 is 18.0 Å². The Morgan fingerprint density at radius 2 is 1.77 bits per heavy atom. The normalized spacial score (nSPS) is 17.8. The van der Waals surface area contributed by atoms with E-state index in [1.165, 1.54) is 23.9 Å². The summed E-state index contributed by atoms with van der Waals surface area (Å²) in [5.74, 6) is -0.240. The minimum absolute atomic E-state index is 0.240. The highest BCUT2D eigenvalue weighted by Gasteiger charge is 2.32. The van der Waals surface area contributed by atoms with Crippen LogP contribution in [0.3, 0.4) is 0 Å². The Hall–Kier alpha value is -1.47. The predicted molar refractivity (Wildman–Crippen MR) is 82.8 cm³/mol. The van der Waals surface area contributed by atoms with Crippen LogP contribution in [0.4, 0.5) is 18.9 Å². The van der Waals surface area contributed by atoms with E-state index in [0.717, 1.165) is 21.5 Å². The lowest BCUT2D eigenvalue weighted by Crippen LogP contribution is -2.23. The lowest BCUT2D eigenvalue weighted by atomic mass is 10.1. The first-order valence-electron chi connectivity index (χ1n) is 6.29. The van der Waals surface area contributed by atoms with Gasteiger partial charge in [0.25, 0.3) is 0 Å². The van der Waals surface area contributed by atoms with Gasteiger partial charge in [-0.1, -0.05) is 28.1 Å². The molecule has 0 bridgehead atoms. The van der Waals surface area contributed by atoms with E-state index in [-0.39, 0.29) is 5.91 Å². The average Bonchev–Trinajstić information content (AvgIpc) is 2.45. The van der Waals surface area contributed by atoms with E-state index in [0.29, 0.717) is 11.3 Å². The highest BCUT2D eigenvalue weighted by atomic mass is 79.9. The van der Waals surface area contributed by atoms with Gasteiger partial charge >= 0.3 is 6.18 Å². The van der Waals surface area contributed by atoms with Gasteiger partial charge in [0.2, 0.25) is 5.91 Å². The van der Waals surface area contributed by atoms with Gasteiger partial charge in [0.05, 0.1) is 11.3 Å². The molecule has 1 amide bonds. The first kappa shape index (κ1) is 15.4. The van der Waals surface area contributed by atoms with Gasteiger partial charge in [-0.05, 0) is 35.9 Å². The zero-order valence-electron chi connectivity index (χ0n) is 10.9. The molecule has 1 N–H and O–H groups in total. The van der Waals surface area contributed by atoms with Crippen LogP contribution in [0, 0.1) is 0 Å². The van der Waals surface area contributed by atoms with E-state index in [4.69, 9.17) is 0 Å². The first-order valence-corrected chi connectivity index (χ1v) is 7.96. The fourth-order valence-electron chi connectivity index (χ4n) is 2.15. The molecule has 0 spiro atoms. The number of anilines is 1. The molecule has 1 aliphatic rings. The molecule has 0 saturated carbocycles. The maximum atomic E-state index is 12.6. The van der Waals surface area contributed by atoms with Crippen LogP contribution in [-0.4, -0.2) is 5.91 Å². The number of hydrogen-bond donors (Lipinski definition) is 1. The molecule has 2 nitrogen and oxygen atoms in total. The van der Waals surface area contributed by atoms with E-state index in [2.05, 4.69) is 21.2 Å². The van der Waals surface area contributed by atoms with Gasteiger partial charge < -0.3 is 5.32 Å². The molecule has 0 fully saturated rings. The maximum Gasteiger partial charge on any atom is 0.416 e. The smallest absolute Gasteiger partial charge is 0.324 e. The van der Waals surface area contributed by atoms with Crippen LogP contribution in [0.25, 0.3) is 0 Å². The Labute approximate surface area is 137 Å². The third kappa shape index (κ3) is 3.01. The molecule has 1 aliphatic heterocycles. The fourth-order valence-corrected chi connectivity index (χ4v) is 3.61. The SMILES string of the molecule is O=C1Nc2cc(Br)ccc2S[C@H]1c1ccc(C(F)(F)F)cc1. The van der Waals surface area contributed by atoms with E-state index < -0.39 is 17.0 Å². The summed E-state index contributed by atoms with van der Waals surface area (Å²) in [6.45, 7) is 0. The van der Waals surface area contributed by atoms with Crippen molar-refractivity contribution in [3.63, 3.8) is 0 Å². The molecule has 0 radical (unpaired) electrons. The van der Waals surface area contributed by atoms with Gasteiger partial charge in [-0.25, -0.2) is 0 Å². The standard InChI is InChI=1S/C15H9BrF3NOS/c16-10-5-6-12-11(7-10)20-14(21)13(22-12)8-1-3-9(4-2-8)15(17,18)19/h1-7,13H,(H,20,21)/t13-/m0/s1. The Balaban J connectivity index is 1.89. The Kier molecular flexibility index (Phi) is 3.94. The highest BCUT2D eigenvalue weighted by molar-refractivity contribution is 9.10. The summed E-state index contributed by atoms with van der Waals surface area (Å²) in [6.07, 6.45) is -4.38. The van der Waals surface area contributed by atoms with Crippen LogP contribution in [0.15, 0.2) is 51.8 Å². The summed E-state index contributed by atoms with van der Waals surface area (Å²) in [4.78, 5) is 13.1. The first-order chi connectivity index (χ1) is 10.3. The second kappa shape index (κ2) is 5.62. The number of amides is 1. The monoisotopic (exact) mass is 387 g/mol. The number of thioether (sulfide) groups is 1. The van der Waals surface area contributed by atoms with Crippen LogP contribution in [0.1, 0.15) is 16.4 Å². The lowest BCUT2D eigenvalue weighted by molar-refractivity contribution is -0.137. The fraction of sp³-hybridized carbons (Fsp3) is 0.133. The van der Waals surface area contributed by atoms with Crippen LogP contribution in [0.5, 0.6) is 0 Å². The van der Waals surface area contributed by atoms with Crippen molar-refractivity contribution in [1.29, 1.82) is 0 Å². The summed E-state index contributed by atoms with van der Waals surface area (Å²) in [7, 11) is 0. The molecular weight excluding hydrogens is 379 g/mol. The zero-order chi connectivity index (χ0) is 15.9. The van der Waals surface area contributed by atoms with Gasteiger partial charge in [0.15, 0.2) is 0 Å². The van der Waals surface area contributed by atoms with E-state index in [9.17, 15) is 18.0 Å². The Morgan fingerprint density at radius 1 is 1.09 bits per heavy atom. The van der Waals surface area contributed by atoms with Gasteiger partial charge in [0, 0.05) is 9.37 Å². The highest BCUT2D eigenvalue weighted by Crippen LogP contribution is 2.44. The van der Waals surface area contributed by atoms with Crippen LogP contribution >= 0.6 is 27.7 Å². The van der Waals surface area contributed by atoms with E-state index in [1.54, 1.807) is 6.07 Å². The second-order valence-corrected chi connectivity index (χ2v) is 6.81. The van der Waals surface area contributed by atoms with Crippen LogP contribution in [-0.2, 0) is 11.0 Å². The Morgan fingerprint density at radius 3 is 2.41 bits per heavy atom. The molecule has 0 aliphatic carbocycles. The van der Waals surface area contributed by atoms with Crippen molar-refractivity contribution in [2.45, 2.75) is 16.3 Å². The largest absolute Gasteiger partial charge is 0.416 e. The molecule has 1 atom stereocenters. The van der Waals surface area contributed by atoms with Crippen molar-refractivity contribution in [3.8, 4) is 0 Å². The molecule has 114 valence electrons. The quantitative estimate of drug-likeness (QED) is 0.723. The Bertz CT molecular complexity index is 731. The molecule has 2 aromatic rings. The van der Waals surface area contributed by atoms with Gasteiger partial charge in [-0.3, -0.25) is 4.79 Å². The number of rotatable bonds is 1. The van der Waals surface area contributed by atoms with Crippen molar-refractivity contribution >= 4 is 39.3 Å². The molecule has 0 unspecified atom stereocenters. The summed E-state index contributed by atoms with van der Waals surface area (Å²) in [5.41, 5.74) is 0.526. The van der Waals surface area contributed by atoms with Crippen molar-refractivity contribution in [1.82, 2.24) is 0 Å². The number of nitrogens with one attached hydrogen (secondary N) is 1. The molecule has 3 rings (SSSR count). The summed E-state index contributed by atoms with van der Waals surface area (Å²) in [6, 6.07) is 10.2. The minimum Gasteiger partial charge on any atom is -0.324 e. The second-order valence-electron chi connectivity index (χ2n) is 4.75. The number of carbonyl (C=O) groups excluding carboxylic acids is 1. The number of fused-ring (bicyclic) bond motifs is 1. The molecule has 0 saturated heterocycles. The zero-order valence-corrected chi connectivity index (χ0v) is 13.3. The van der Waals surface area contributed by atoms with Gasteiger partial charge in [0.1, 0.15) is 5.25 Å². The molecule has 0 aromatic heterocycles. The van der Waals surface area contributed by atoms with Crippen molar-refractivity contribution in [2.75, 3.05) is 5.32 Å². The number of carbonyl (C=O) groups is 1. The number of alkyl halides is 3. The molecule has 22 heavy (non-hydrogen) atoms. The number of benzene rings is 2. The van der Waals surface area contributed by atoms with Crippen molar-refractivity contribution in [2.24, 2.45) is 0 Å². The molecule has 2 aromatic carbocycles. The predicted octanol–water partition coefficient (Wildman–Crippen LogP) is 5.25. The van der Waals surface area contributed by atoms with Crippen LogP contribution < -0.4 is 5.32 Å². The molecule has 7 heteroatoms. The number of hydrogen-bond acceptors (Lipinski definition) is 2. The third-order valence-electron chi connectivity index (χ3n) is 3.22. The minimum atomic E-state index is -4.38. The summed E-state index contributed by atoms with van der Waals surface area (Å²) >= 11 is 4.66. The van der Waals surface area contributed by atoms with Gasteiger partial charge in [-0.15, -0.1) is 11.8 Å². The molecule has 1 heterocycles. The van der Waals surface area contributed by atoms with E-state index in [1.807, 2.05) is 12.1 Å². The van der Waals surface area contributed by atoms with E-state index >= 15 is 0 Å². The van der Waals surface area contributed by atoms with Gasteiger partial charge in [-0.2, -0.15) is 13.2 Å². The molecular formula is C15H9BrF3NOS. The number of halogens is 4. The average molecular weight is 388 g/mol. The lowest BCUT2D eigenvalue weighted by Gasteiger charge is -2.24. The van der Waals surface area contributed by atoms with Crippen LogP contribution in [0.2, 0.25) is 0 Å². The third-order valence-corrected chi connectivity index (χ3v) is 5.05. The van der Waals surface area contributed by atoms with Crippen molar-refractivity contribution in [3.05, 3.63) is 58.1 Å². The summed E-state index contributed by atoms with van der Waals surface area (Å²) < 4.78 is 38.6. The topological polar surface area (TPSA) is 29.1 Å². The maximum absolute atomic E-state index is 12.6.